The van der Waals surface area contributed by atoms with Gasteiger partial charge in [0.25, 0.3) is 0 Å². The Bertz CT molecular complexity index is 2970. The largest absolute Gasteiger partial charge is 0.486 e. The lowest BCUT2D eigenvalue weighted by Gasteiger charge is -2.47. The topological polar surface area (TPSA) is 24.9 Å². The molecule has 8 aliphatic rings. The van der Waals surface area contributed by atoms with Gasteiger partial charge in [0.05, 0.1) is 23.4 Å². The number of hydrogen-bond donors (Lipinski definition) is 0. The number of hydrogen-bond acceptors (Lipinski definition) is 4. The second-order valence-corrected chi connectivity index (χ2v) is 22.6. The lowest BCUT2D eigenvalue weighted by atomic mass is 9.63. The maximum absolute atomic E-state index is 7.29. The lowest BCUT2D eigenvalue weighted by molar-refractivity contribution is 0.0438. The molecule has 0 amide bonds. The van der Waals surface area contributed by atoms with Gasteiger partial charge in [-0.25, -0.2) is 0 Å². The van der Waals surface area contributed by atoms with Crippen molar-refractivity contribution in [2.45, 2.75) is 142 Å². The number of anilines is 3. The third-order valence-electron chi connectivity index (χ3n) is 17.4. The first-order chi connectivity index (χ1) is 32.4. The molecule has 4 heteroatoms. The SMILES string of the molecule is CC1C=CC(C)(N(c2cccc3c2OCC2=C3CCC=C2)c2cc(C(C)C)c3ccc4c(N(C5=CC(C)CC6(C)C5OC5C=CC=CC56)C5C=CC=CC5)cc(C(C)C)c5c4c3c2CC5)CC1. The van der Waals surface area contributed by atoms with E-state index in [1.165, 1.54) is 77.7 Å². The molecule has 1 saturated heterocycles. The molecular weight excluding hydrogens is 817 g/mol. The van der Waals surface area contributed by atoms with E-state index in [1.54, 1.807) is 5.56 Å². The highest BCUT2D eigenvalue weighted by Crippen LogP contribution is 2.58. The number of nitrogens with zero attached hydrogens (tertiary/aromatic N) is 2. The van der Waals surface area contributed by atoms with E-state index in [-0.39, 0.29) is 29.2 Å². The minimum absolute atomic E-state index is 0.0120. The van der Waals surface area contributed by atoms with Crippen molar-refractivity contribution in [1.29, 1.82) is 0 Å². The molecule has 0 aromatic heterocycles. The molecule has 12 rings (SSSR count). The second-order valence-electron chi connectivity index (χ2n) is 22.6. The van der Waals surface area contributed by atoms with Gasteiger partial charge < -0.3 is 19.3 Å². The predicted octanol–water partition coefficient (Wildman–Crippen LogP) is 15.8. The Kier molecular flexibility index (Phi) is 10.4. The Balaban J connectivity index is 1.14. The zero-order chi connectivity index (χ0) is 45.9. The van der Waals surface area contributed by atoms with E-state index in [4.69, 9.17) is 9.47 Å². The first-order valence-electron chi connectivity index (χ1n) is 26.0. The molecule has 0 bridgehead atoms. The van der Waals surface area contributed by atoms with Crippen molar-refractivity contribution >= 4 is 44.2 Å². The Labute approximate surface area is 400 Å². The molecular formula is C63H70N2O2. The quantitative estimate of drug-likeness (QED) is 0.130. The van der Waals surface area contributed by atoms with E-state index >= 15 is 0 Å². The van der Waals surface area contributed by atoms with Gasteiger partial charge in [-0.15, -0.1) is 0 Å². The van der Waals surface area contributed by atoms with Gasteiger partial charge in [0.2, 0.25) is 0 Å². The molecule has 4 nitrogen and oxygen atoms in total. The molecule has 8 atom stereocenters. The van der Waals surface area contributed by atoms with Crippen LogP contribution in [0.5, 0.6) is 5.75 Å². The summed E-state index contributed by atoms with van der Waals surface area (Å²) >= 11 is 0. The maximum Gasteiger partial charge on any atom is 0.150 e. The number of aryl methyl sites for hydroxylation is 2. The average Bonchev–Trinajstić information content (AvgIpc) is 3.64. The lowest BCUT2D eigenvalue weighted by Crippen LogP contribution is -2.47. The Morgan fingerprint density at radius 3 is 2.31 bits per heavy atom. The van der Waals surface area contributed by atoms with Crippen molar-refractivity contribution in [2.24, 2.45) is 23.2 Å². The molecule has 4 aromatic rings. The zero-order valence-corrected chi connectivity index (χ0v) is 41.2. The predicted molar refractivity (Wildman–Crippen MR) is 282 cm³/mol. The van der Waals surface area contributed by atoms with Crippen LogP contribution in [0.3, 0.4) is 0 Å². The van der Waals surface area contributed by atoms with Crippen LogP contribution in [-0.4, -0.2) is 30.4 Å². The van der Waals surface area contributed by atoms with Gasteiger partial charge in [-0.05, 0) is 150 Å². The maximum atomic E-state index is 7.29. The summed E-state index contributed by atoms with van der Waals surface area (Å²) in [6.07, 6.45) is 39.3. The number of fused-ring (bicyclic) bond motifs is 5. The number of benzene rings is 4. The van der Waals surface area contributed by atoms with E-state index in [9.17, 15) is 0 Å². The van der Waals surface area contributed by atoms with Gasteiger partial charge in [0, 0.05) is 39.4 Å². The van der Waals surface area contributed by atoms with Crippen molar-refractivity contribution in [3.63, 3.8) is 0 Å². The summed E-state index contributed by atoms with van der Waals surface area (Å²) in [7, 11) is 0. The molecule has 0 spiro atoms. The monoisotopic (exact) mass is 887 g/mol. The van der Waals surface area contributed by atoms with Crippen LogP contribution in [0.2, 0.25) is 0 Å². The fourth-order valence-corrected chi connectivity index (χ4v) is 14.1. The minimum Gasteiger partial charge on any atom is -0.486 e. The van der Waals surface area contributed by atoms with Crippen LogP contribution in [0.4, 0.5) is 17.1 Å². The van der Waals surface area contributed by atoms with E-state index in [1.807, 2.05) is 0 Å². The highest BCUT2D eigenvalue weighted by molar-refractivity contribution is 6.18. The van der Waals surface area contributed by atoms with Crippen LogP contribution >= 0.6 is 0 Å². The van der Waals surface area contributed by atoms with Crippen molar-refractivity contribution in [2.75, 3.05) is 16.4 Å². The molecule has 0 radical (unpaired) electrons. The van der Waals surface area contributed by atoms with E-state index in [0.717, 1.165) is 57.1 Å². The van der Waals surface area contributed by atoms with Crippen LogP contribution in [0.1, 0.15) is 134 Å². The van der Waals surface area contributed by atoms with Crippen molar-refractivity contribution in [3.8, 4) is 5.75 Å². The van der Waals surface area contributed by atoms with Crippen LogP contribution in [0, 0.1) is 23.2 Å². The van der Waals surface area contributed by atoms with E-state index in [2.05, 4.69) is 187 Å². The third-order valence-corrected chi connectivity index (χ3v) is 17.4. The number of para-hydroxylation sites is 1. The van der Waals surface area contributed by atoms with Gasteiger partial charge >= 0.3 is 0 Å². The highest BCUT2D eigenvalue weighted by Gasteiger charge is 2.56. The molecule has 0 saturated carbocycles. The van der Waals surface area contributed by atoms with Crippen molar-refractivity contribution in [3.05, 3.63) is 161 Å². The van der Waals surface area contributed by atoms with Gasteiger partial charge in [-0.1, -0.05) is 152 Å². The van der Waals surface area contributed by atoms with E-state index < -0.39 is 0 Å². The molecule has 0 N–H and O–H groups in total. The van der Waals surface area contributed by atoms with Crippen LogP contribution in [0.15, 0.2) is 133 Å². The van der Waals surface area contributed by atoms with Crippen LogP contribution < -0.4 is 14.5 Å². The Morgan fingerprint density at radius 2 is 1.52 bits per heavy atom. The zero-order valence-electron chi connectivity index (χ0n) is 41.2. The number of allylic oxidation sites excluding steroid dienone is 8. The Morgan fingerprint density at radius 1 is 0.746 bits per heavy atom. The summed E-state index contributed by atoms with van der Waals surface area (Å²) in [5.74, 6) is 3.09. The Hall–Kier alpha value is -5.32. The molecule has 2 aliphatic heterocycles. The molecule has 344 valence electrons. The van der Waals surface area contributed by atoms with Gasteiger partial charge in [0.1, 0.15) is 12.7 Å². The van der Waals surface area contributed by atoms with Crippen molar-refractivity contribution < 1.29 is 9.47 Å². The molecule has 4 aromatic carbocycles. The van der Waals surface area contributed by atoms with Crippen molar-refractivity contribution in [1.82, 2.24) is 0 Å². The van der Waals surface area contributed by atoms with E-state index in [0.29, 0.717) is 36.2 Å². The molecule has 1 fully saturated rings. The van der Waals surface area contributed by atoms with Crippen LogP contribution in [0.25, 0.3) is 27.1 Å². The summed E-state index contributed by atoms with van der Waals surface area (Å²) < 4.78 is 14.3. The fourth-order valence-electron chi connectivity index (χ4n) is 14.1. The van der Waals surface area contributed by atoms with Gasteiger partial charge in [0.15, 0.2) is 5.75 Å². The first kappa shape index (κ1) is 43.0. The minimum atomic E-state index is -0.249. The van der Waals surface area contributed by atoms with Gasteiger partial charge in [-0.2, -0.15) is 0 Å². The number of rotatable bonds is 8. The summed E-state index contributed by atoms with van der Waals surface area (Å²) in [4.78, 5) is 5.52. The van der Waals surface area contributed by atoms with Gasteiger partial charge in [-0.3, -0.25) is 0 Å². The molecule has 6 aliphatic carbocycles. The van der Waals surface area contributed by atoms with Crippen LogP contribution in [-0.2, 0) is 17.6 Å². The number of ether oxygens (including phenoxy) is 2. The molecule has 67 heavy (non-hydrogen) atoms. The average molecular weight is 887 g/mol. The summed E-state index contributed by atoms with van der Waals surface area (Å²) in [5.41, 5.74) is 15.0. The summed E-state index contributed by atoms with van der Waals surface area (Å²) in [6, 6.07) is 17.4. The fraction of sp³-hybridized carbons (Fsp3) is 0.429. The highest BCUT2D eigenvalue weighted by atomic mass is 16.5. The second kappa shape index (κ2) is 16.2. The molecule has 2 heterocycles. The smallest absolute Gasteiger partial charge is 0.150 e. The summed E-state index contributed by atoms with van der Waals surface area (Å²) in [5, 5.41) is 5.71. The summed E-state index contributed by atoms with van der Waals surface area (Å²) in [6.45, 7) is 20.1. The normalized spacial score (nSPS) is 30.0. The standard InChI is InChI=1S/C63H70N2O2/c1-38(2)50-34-54(64(43-18-10-9-11-19-43)56-33-41(6)36-63(8)52-22-14-15-24-57(52)67-61(56)63)48-27-25-46-51(39(3)4)35-55(49-28-26-45(50)58(48)59(46)49)65(62(7)31-29-40(5)30-32-62)53-23-16-21-47-44-20-13-12-17-42(44)37-66-60(47)53/h9-12,14-18,21-25,27,29,31,33-35,38-41,43,52,57,61H,13,19-20,26,28,30,32,36-37H2,1-8H3. The molecule has 8 unspecified atom stereocenters. The first-order valence-corrected chi connectivity index (χ1v) is 26.0. The third kappa shape index (κ3) is 6.69.